The first-order chi connectivity index (χ1) is 15.9. The molecule has 0 saturated heterocycles. The Hall–Kier alpha value is -3.60. The van der Waals surface area contributed by atoms with Crippen LogP contribution in [0.5, 0.6) is 5.75 Å². The van der Waals surface area contributed by atoms with Crippen molar-refractivity contribution < 1.29 is 14.3 Å². The lowest BCUT2D eigenvalue weighted by molar-refractivity contribution is -0.118. The Morgan fingerprint density at radius 1 is 0.727 bits per heavy atom. The van der Waals surface area contributed by atoms with Crippen LogP contribution in [0.25, 0.3) is 0 Å². The molecular formula is C28H32N2O3. The van der Waals surface area contributed by atoms with Crippen LogP contribution in [0.4, 0.5) is 11.4 Å². The molecule has 0 heterocycles. The summed E-state index contributed by atoms with van der Waals surface area (Å²) in [5.41, 5.74) is 3.80. The molecule has 0 fully saturated rings. The van der Waals surface area contributed by atoms with Gasteiger partial charge >= 0.3 is 0 Å². The van der Waals surface area contributed by atoms with Gasteiger partial charge < -0.3 is 15.4 Å². The van der Waals surface area contributed by atoms with E-state index >= 15 is 0 Å². The Morgan fingerprint density at radius 2 is 1.24 bits per heavy atom. The molecule has 33 heavy (non-hydrogen) atoms. The fraction of sp³-hybridized carbons (Fsp3) is 0.286. The Kier molecular flexibility index (Phi) is 8.64. The summed E-state index contributed by atoms with van der Waals surface area (Å²) in [6, 6.07) is 25.1. The van der Waals surface area contributed by atoms with Gasteiger partial charge in [-0.3, -0.25) is 9.59 Å². The summed E-state index contributed by atoms with van der Waals surface area (Å²) in [5.74, 6) is 0.907. The second-order valence-electron chi connectivity index (χ2n) is 8.69. The van der Waals surface area contributed by atoms with Gasteiger partial charge in [-0.05, 0) is 59.4 Å². The lowest BCUT2D eigenvalue weighted by Crippen LogP contribution is -2.20. The number of nitrogens with one attached hydrogen (secondary N) is 2. The average molecular weight is 445 g/mol. The van der Waals surface area contributed by atoms with E-state index in [1.807, 2.05) is 85.8 Å². The van der Waals surface area contributed by atoms with E-state index in [-0.39, 0.29) is 30.6 Å². The van der Waals surface area contributed by atoms with Crippen molar-refractivity contribution in [3.05, 3.63) is 90.0 Å². The van der Waals surface area contributed by atoms with Gasteiger partial charge in [0.25, 0.3) is 0 Å². The number of hydrogen-bond acceptors (Lipinski definition) is 3. The molecule has 1 atom stereocenters. The Morgan fingerprint density at radius 3 is 1.76 bits per heavy atom. The molecule has 172 valence electrons. The smallest absolute Gasteiger partial charge is 0.224 e. The molecule has 0 spiro atoms. The number of rotatable bonds is 10. The van der Waals surface area contributed by atoms with Gasteiger partial charge in [0.2, 0.25) is 11.8 Å². The van der Waals surface area contributed by atoms with Crippen LogP contribution in [0.3, 0.4) is 0 Å². The zero-order chi connectivity index (χ0) is 23.6. The van der Waals surface area contributed by atoms with Crippen molar-refractivity contribution in [2.24, 2.45) is 5.92 Å². The topological polar surface area (TPSA) is 67.4 Å². The minimum atomic E-state index is -0.116. The first-order valence-electron chi connectivity index (χ1n) is 11.4. The first-order valence-corrected chi connectivity index (χ1v) is 11.4. The summed E-state index contributed by atoms with van der Waals surface area (Å²) in [6.07, 6.45) is 0.553. The Balaban J connectivity index is 1.40. The molecule has 0 aliphatic carbocycles. The third kappa shape index (κ3) is 8.11. The molecule has 5 heteroatoms. The number of hydrogen-bond donors (Lipinski definition) is 2. The number of amides is 2. The zero-order valence-corrected chi connectivity index (χ0v) is 19.5. The monoisotopic (exact) mass is 444 g/mol. The van der Waals surface area contributed by atoms with Gasteiger partial charge in [-0.25, -0.2) is 0 Å². The van der Waals surface area contributed by atoms with Crippen LogP contribution in [0.2, 0.25) is 0 Å². The average Bonchev–Trinajstić information content (AvgIpc) is 2.79. The van der Waals surface area contributed by atoms with Crippen LogP contribution in [-0.4, -0.2) is 11.8 Å². The van der Waals surface area contributed by atoms with Crippen LogP contribution in [-0.2, 0) is 16.2 Å². The molecule has 2 amide bonds. The first kappa shape index (κ1) is 24.1. The van der Waals surface area contributed by atoms with Gasteiger partial charge in [0.15, 0.2) is 0 Å². The number of carbonyl (C=O) groups is 2. The molecule has 3 aromatic rings. The molecule has 0 saturated carbocycles. The maximum absolute atomic E-state index is 12.4. The molecule has 2 N–H and O–H groups in total. The molecule has 0 aromatic heterocycles. The summed E-state index contributed by atoms with van der Waals surface area (Å²) in [6.45, 7) is 6.67. The lowest BCUT2D eigenvalue weighted by atomic mass is 10.0. The largest absolute Gasteiger partial charge is 0.489 e. The predicted octanol–water partition coefficient (Wildman–Crippen LogP) is 6.38. The van der Waals surface area contributed by atoms with Gasteiger partial charge in [-0.15, -0.1) is 0 Å². The van der Waals surface area contributed by atoms with E-state index in [4.69, 9.17) is 4.74 Å². The molecular weight excluding hydrogens is 412 g/mol. The number of carbonyl (C=O) groups excluding carboxylic acids is 2. The third-order valence-corrected chi connectivity index (χ3v) is 5.32. The molecule has 5 nitrogen and oxygen atoms in total. The van der Waals surface area contributed by atoms with Crippen molar-refractivity contribution in [3.63, 3.8) is 0 Å². The summed E-state index contributed by atoms with van der Waals surface area (Å²) in [5, 5.41) is 5.79. The highest BCUT2D eigenvalue weighted by Crippen LogP contribution is 2.20. The Bertz CT molecular complexity index is 1030. The Labute approximate surface area is 196 Å². The van der Waals surface area contributed by atoms with Crippen molar-refractivity contribution >= 4 is 23.2 Å². The van der Waals surface area contributed by atoms with E-state index in [1.165, 1.54) is 5.56 Å². The van der Waals surface area contributed by atoms with E-state index in [9.17, 15) is 9.59 Å². The lowest BCUT2D eigenvalue weighted by Gasteiger charge is -2.13. The predicted molar refractivity (Wildman–Crippen MR) is 133 cm³/mol. The summed E-state index contributed by atoms with van der Waals surface area (Å²) in [7, 11) is 0. The highest BCUT2D eigenvalue weighted by molar-refractivity contribution is 5.93. The highest BCUT2D eigenvalue weighted by Gasteiger charge is 2.14. The van der Waals surface area contributed by atoms with Crippen LogP contribution in [0.15, 0.2) is 78.9 Å². The van der Waals surface area contributed by atoms with Crippen molar-refractivity contribution in [3.8, 4) is 5.75 Å². The van der Waals surface area contributed by atoms with Gasteiger partial charge in [0, 0.05) is 24.2 Å². The maximum Gasteiger partial charge on any atom is 0.224 e. The van der Waals surface area contributed by atoms with Crippen molar-refractivity contribution in [1.82, 2.24) is 0 Å². The summed E-state index contributed by atoms with van der Waals surface area (Å²) >= 11 is 0. The van der Waals surface area contributed by atoms with E-state index in [0.29, 0.717) is 18.2 Å². The van der Waals surface area contributed by atoms with E-state index in [1.54, 1.807) is 0 Å². The van der Waals surface area contributed by atoms with Crippen molar-refractivity contribution in [2.75, 3.05) is 10.6 Å². The van der Waals surface area contributed by atoms with Crippen molar-refractivity contribution in [1.29, 1.82) is 0 Å². The standard InChI is InChI=1S/C28H32N2O3/c1-20(2)23-9-11-24(12-10-23)29-27(31)17-21(3)18-28(32)30-25-13-15-26(16-14-25)33-19-22-7-5-4-6-8-22/h4-16,20-21H,17-19H2,1-3H3,(H,29,31)(H,30,32)/t21-/m0/s1. The fourth-order valence-corrected chi connectivity index (χ4v) is 3.46. The minimum Gasteiger partial charge on any atom is -0.489 e. The molecule has 0 bridgehead atoms. The van der Waals surface area contributed by atoms with Crippen LogP contribution in [0, 0.1) is 5.92 Å². The second kappa shape index (κ2) is 11.9. The zero-order valence-electron chi connectivity index (χ0n) is 19.5. The highest BCUT2D eigenvalue weighted by atomic mass is 16.5. The van der Waals surface area contributed by atoms with Crippen molar-refractivity contribution in [2.45, 2.75) is 46.1 Å². The quantitative estimate of drug-likeness (QED) is 0.381. The maximum atomic E-state index is 12.4. The summed E-state index contributed by atoms with van der Waals surface area (Å²) in [4.78, 5) is 24.7. The van der Waals surface area contributed by atoms with Crippen LogP contribution < -0.4 is 15.4 Å². The molecule has 3 aromatic carbocycles. The number of ether oxygens (including phenoxy) is 1. The second-order valence-corrected chi connectivity index (χ2v) is 8.69. The molecule has 0 radical (unpaired) electrons. The van der Waals surface area contributed by atoms with Gasteiger partial charge in [0.1, 0.15) is 12.4 Å². The SMILES string of the molecule is CC(C)c1ccc(NC(=O)C[C@H](C)CC(=O)Nc2ccc(OCc3ccccc3)cc2)cc1. The normalized spacial score (nSPS) is 11.6. The molecule has 0 aliphatic heterocycles. The molecule has 3 rings (SSSR count). The van der Waals surface area contributed by atoms with E-state index < -0.39 is 0 Å². The van der Waals surface area contributed by atoms with E-state index in [0.717, 1.165) is 17.0 Å². The molecule has 0 aliphatic rings. The van der Waals surface area contributed by atoms with E-state index in [2.05, 4.69) is 24.5 Å². The van der Waals surface area contributed by atoms with Crippen LogP contribution in [0.1, 0.15) is 50.7 Å². The van der Waals surface area contributed by atoms with Gasteiger partial charge in [-0.1, -0.05) is 63.2 Å². The van der Waals surface area contributed by atoms with Gasteiger partial charge in [0.05, 0.1) is 0 Å². The minimum absolute atomic E-state index is 0.0755. The number of anilines is 2. The van der Waals surface area contributed by atoms with Gasteiger partial charge in [-0.2, -0.15) is 0 Å². The molecule has 0 unspecified atom stereocenters. The fourth-order valence-electron chi connectivity index (χ4n) is 3.46. The summed E-state index contributed by atoms with van der Waals surface area (Å²) < 4.78 is 5.77. The third-order valence-electron chi connectivity index (χ3n) is 5.32. The van der Waals surface area contributed by atoms with Crippen LogP contribution >= 0.6 is 0 Å². The number of benzene rings is 3.